The number of carboxylic acid groups (broad SMARTS) is 1. The smallest absolute Gasteiger partial charge is 0.340 e. The van der Waals surface area contributed by atoms with E-state index < -0.39 is 11.9 Å². The van der Waals surface area contributed by atoms with Crippen LogP contribution in [0.1, 0.15) is 16.1 Å². The monoisotopic (exact) mass is 326 g/mol. The van der Waals surface area contributed by atoms with Crippen LogP contribution in [0.15, 0.2) is 24.3 Å². The molecule has 2 aromatic rings. The lowest BCUT2D eigenvalue weighted by Crippen LogP contribution is -2.20. The summed E-state index contributed by atoms with van der Waals surface area (Å²) in [5.41, 5.74) is 0.356. The molecular formula is C13H11ClN2O4S. The van der Waals surface area contributed by atoms with Crippen LogP contribution in [0, 0.1) is 6.92 Å². The Bertz CT molecular complexity index is 687. The molecule has 0 saturated carbocycles. The van der Waals surface area contributed by atoms with Gasteiger partial charge in [-0.1, -0.05) is 17.7 Å². The number of nitrogens with one attached hydrogen (secondary N) is 1. The van der Waals surface area contributed by atoms with Crippen LogP contribution >= 0.6 is 23.1 Å². The van der Waals surface area contributed by atoms with Gasteiger partial charge in [-0.2, -0.15) is 4.37 Å². The third-order valence-electron chi connectivity index (χ3n) is 2.50. The zero-order valence-electron chi connectivity index (χ0n) is 10.9. The second-order valence-corrected chi connectivity index (χ2v) is 5.28. The average Bonchev–Trinajstić information content (AvgIpc) is 2.77. The Balaban J connectivity index is 1.98. The van der Waals surface area contributed by atoms with Crippen LogP contribution in [0.4, 0.5) is 5.00 Å². The van der Waals surface area contributed by atoms with Gasteiger partial charge in [-0.05, 0) is 36.7 Å². The van der Waals surface area contributed by atoms with Crippen LogP contribution in [-0.4, -0.2) is 28.0 Å². The van der Waals surface area contributed by atoms with Crippen molar-refractivity contribution in [1.82, 2.24) is 4.37 Å². The van der Waals surface area contributed by atoms with Gasteiger partial charge in [-0.25, -0.2) is 4.79 Å². The Kier molecular flexibility index (Phi) is 4.77. The highest BCUT2D eigenvalue weighted by Crippen LogP contribution is 2.24. The first-order valence-corrected chi connectivity index (χ1v) is 7.00. The lowest BCUT2D eigenvalue weighted by atomic mass is 10.2. The number of anilines is 1. The van der Waals surface area contributed by atoms with E-state index in [1.807, 2.05) is 0 Å². The van der Waals surface area contributed by atoms with Crippen molar-refractivity contribution < 1.29 is 19.4 Å². The molecule has 0 fully saturated rings. The number of benzene rings is 1. The van der Waals surface area contributed by atoms with Crippen LogP contribution in [0.25, 0.3) is 0 Å². The van der Waals surface area contributed by atoms with E-state index in [2.05, 4.69) is 9.69 Å². The number of hydrogen-bond acceptors (Lipinski definition) is 5. The third kappa shape index (κ3) is 3.93. The number of aromatic nitrogens is 1. The van der Waals surface area contributed by atoms with Crippen molar-refractivity contribution in [3.8, 4) is 5.75 Å². The van der Waals surface area contributed by atoms with Crippen LogP contribution < -0.4 is 10.1 Å². The third-order valence-corrected chi connectivity index (χ3v) is 3.58. The molecule has 8 heteroatoms. The predicted octanol–water partition coefficient (Wildman–Crippen LogP) is 2.82. The molecule has 2 N–H and O–H groups in total. The van der Waals surface area contributed by atoms with Gasteiger partial charge in [0.15, 0.2) is 6.61 Å². The fourth-order valence-corrected chi connectivity index (χ4v) is 2.56. The topological polar surface area (TPSA) is 88.5 Å². The highest BCUT2D eigenvalue weighted by molar-refractivity contribution is 7.11. The molecule has 0 aliphatic carbocycles. The summed E-state index contributed by atoms with van der Waals surface area (Å²) in [6, 6.07) is 6.63. The van der Waals surface area contributed by atoms with Crippen LogP contribution in [0.2, 0.25) is 5.02 Å². The molecule has 1 heterocycles. The minimum atomic E-state index is -1.13. The Morgan fingerprint density at radius 2 is 2.24 bits per heavy atom. The van der Waals surface area contributed by atoms with Gasteiger partial charge in [0.05, 0.1) is 5.69 Å². The summed E-state index contributed by atoms with van der Waals surface area (Å²) in [5, 5.41) is 12.2. The number of carbonyl (C=O) groups excluding carboxylic acids is 1. The molecule has 0 bridgehead atoms. The maximum Gasteiger partial charge on any atom is 0.340 e. The lowest BCUT2D eigenvalue weighted by molar-refractivity contribution is -0.118. The molecule has 0 aliphatic rings. The number of nitrogens with zero attached hydrogens (tertiary/aromatic N) is 1. The quantitative estimate of drug-likeness (QED) is 0.882. The van der Waals surface area contributed by atoms with Gasteiger partial charge in [0.2, 0.25) is 0 Å². The van der Waals surface area contributed by atoms with Crippen molar-refractivity contribution in [2.45, 2.75) is 6.92 Å². The zero-order chi connectivity index (χ0) is 15.4. The minimum absolute atomic E-state index is 0.00361. The van der Waals surface area contributed by atoms with Crippen LogP contribution in [0.3, 0.4) is 0 Å². The number of rotatable bonds is 5. The van der Waals surface area contributed by atoms with Gasteiger partial charge in [-0.15, -0.1) is 0 Å². The van der Waals surface area contributed by atoms with Gasteiger partial charge in [0, 0.05) is 5.02 Å². The largest absolute Gasteiger partial charge is 0.484 e. The molecule has 1 aromatic carbocycles. The summed E-state index contributed by atoms with van der Waals surface area (Å²) < 4.78 is 9.18. The van der Waals surface area contributed by atoms with Crippen LogP contribution in [0.5, 0.6) is 5.75 Å². The van der Waals surface area contributed by atoms with E-state index in [-0.39, 0.29) is 17.2 Å². The zero-order valence-corrected chi connectivity index (χ0v) is 12.5. The van der Waals surface area contributed by atoms with E-state index in [4.69, 9.17) is 21.4 Å². The van der Waals surface area contributed by atoms with Gasteiger partial charge in [0.1, 0.15) is 16.3 Å². The molecule has 0 saturated heterocycles. The average molecular weight is 327 g/mol. The number of carbonyl (C=O) groups is 2. The van der Waals surface area contributed by atoms with E-state index in [1.165, 1.54) is 0 Å². The molecule has 0 atom stereocenters. The van der Waals surface area contributed by atoms with Gasteiger partial charge < -0.3 is 15.2 Å². The molecule has 1 aromatic heterocycles. The SMILES string of the molecule is Cc1nsc(NC(=O)COc2cccc(Cl)c2)c1C(=O)O. The van der Waals surface area contributed by atoms with Crippen molar-refractivity contribution in [2.75, 3.05) is 11.9 Å². The van der Waals surface area contributed by atoms with E-state index in [1.54, 1.807) is 31.2 Å². The fraction of sp³-hybridized carbons (Fsp3) is 0.154. The molecule has 0 radical (unpaired) electrons. The summed E-state index contributed by atoms with van der Waals surface area (Å²) >= 11 is 6.71. The molecule has 21 heavy (non-hydrogen) atoms. The second kappa shape index (κ2) is 6.55. The number of hydrogen-bond donors (Lipinski definition) is 2. The Hall–Kier alpha value is -2.12. The standard InChI is InChI=1S/C13H11ClN2O4S/c1-7-11(13(18)19)12(21-16-7)15-10(17)6-20-9-4-2-3-8(14)5-9/h2-5H,6H2,1H3,(H,15,17)(H,18,19). The molecule has 110 valence electrons. The molecule has 0 aliphatic heterocycles. The second-order valence-electron chi connectivity index (χ2n) is 4.07. The first-order valence-electron chi connectivity index (χ1n) is 5.85. The van der Waals surface area contributed by atoms with Gasteiger partial charge in [0.25, 0.3) is 5.91 Å². The van der Waals surface area contributed by atoms with Crippen molar-refractivity contribution in [2.24, 2.45) is 0 Å². The summed E-state index contributed by atoms with van der Waals surface area (Å²) in [6.45, 7) is 1.31. The normalized spacial score (nSPS) is 10.2. The number of aryl methyl sites for hydroxylation is 1. The predicted molar refractivity (Wildman–Crippen MR) is 79.4 cm³/mol. The van der Waals surface area contributed by atoms with Crippen LogP contribution in [-0.2, 0) is 4.79 Å². The summed E-state index contributed by atoms with van der Waals surface area (Å²) in [5.74, 6) is -1.15. The molecule has 6 nitrogen and oxygen atoms in total. The Morgan fingerprint density at radius 1 is 1.48 bits per heavy atom. The first-order chi connectivity index (χ1) is 9.97. The number of carboxylic acids is 1. The summed E-state index contributed by atoms with van der Waals surface area (Å²) in [6.07, 6.45) is 0. The summed E-state index contributed by atoms with van der Waals surface area (Å²) in [7, 11) is 0. The summed E-state index contributed by atoms with van der Waals surface area (Å²) in [4.78, 5) is 22.8. The lowest BCUT2D eigenvalue weighted by Gasteiger charge is -2.07. The van der Waals surface area contributed by atoms with E-state index >= 15 is 0 Å². The Morgan fingerprint density at radius 3 is 2.90 bits per heavy atom. The van der Waals surface area contributed by atoms with Gasteiger partial charge in [-0.3, -0.25) is 4.79 Å². The molecular weight excluding hydrogens is 316 g/mol. The maximum absolute atomic E-state index is 11.8. The Labute approximate surface area is 129 Å². The number of ether oxygens (including phenoxy) is 1. The molecule has 0 spiro atoms. The molecule has 1 amide bonds. The van der Waals surface area contributed by atoms with Crippen molar-refractivity contribution in [3.05, 3.63) is 40.5 Å². The van der Waals surface area contributed by atoms with Crippen molar-refractivity contribution in [3.63, 3.8) is 0 Å². The van der Waals surface area contributed by atoms with Crippen molar-refractivity contribution >= 4 is 40.0 Å². The van der Waals surface area contributed by atoms with Crippen molar-refractivity contribution in [1.29, 1.82) is 0 Å². The highest BCUT2D eigenvalue weighted by Gasteiger charge is 2.19. The number of halogens is 1. The minimum Gasteiger partial charge on any atom is -0.484 e. The molecule has 2 rings (SSSR count). The first kappa shape index (κ1) is 15.3. The van der Waals surface area contributed by atoms with E-state index in [9.17, 15) is 9.59 Å². The maximum atomic E-state index is 11.8. The fourth-order valence-electron chi connectivity index (χ4n) is 1.58. The number of amides is 1. The van der Waals surface area contributed by atoms with Gasteiger partial charge >= 0.3 is 5.97 Å². The number of aromatic carboxylic acids is 1. The van der Waals surface area contributed by atoms with E-state index in [0.717, 1.165) is 11.5 Å². The van der Waals surface area contributed by atoms with E-state index in [0.29, 0.717) is 16.5 Å². The molecule has 0 unspecified atom stereocenters. The highest BCUT2D eigenvalue weighted by atomic mass is 35.5.